The van der Waals surface area contributed by atoms with Gasteiger partial charge in [-0.25, -0.2) is 0 Å². The van der Waals surface area contributed by atoms with Crippen LogP contribution in [0, 0.1) is 6.92 Å². The number of benzene rings is 1. The van der Waals surface area contributed by atoms with Crippen molar-refractivity contribution in [2.24, 2.45) is 0 Å². The quantitative estimate of drug-likeness (QED) is 0.778. The van der Waals surface area contributed by atoms with Gasteiger partial charge in [0.25, 0.3) is 0 Å². The lowest BCUT2D eigenvalue weighted by Gasteiger charge is -2.40. The van der Waals surface area contributed by atoms with Crippen molar-refractivity contribution in [2.45, 2.75) is 57.6 Å². The first kappa shape index (κ1) is 18.0. The number of aliphatic hydroxyl groups is 1. The van der Waals surface area contributed by atoms with Crippen molar-refractivity contribution in [2.75, 3.05) is 20.7 Å². The second-order valence-electron chi connectivity index (χ2n) is 6.87. The Labute approximate surface area is 141 Å². The molecule has 0 aromatic heterocycles. The standard InChI is InChI=1S/C20H31NO2/c1-16-10-11-19(23-4)15-18(16)9-8-14-21(3)17(2)20(22)12-6-5-7-13-20/h5-6,10-11,15,17,22H,7-9,12-14H2,1-4H3/t17?,20-/m1/s1. The predicted molar refractivity (Wildman–Crippen MR) is 96.1 cm³/mol. The van der Waals surface area contributed by atoms with Gasteiger partial charge in [0.2, 0.25) is 0 Å². The molecule has 3 heteroatoms. The lowest BCUT2D eigenvalue weighted by Crippen LogP contribution is -2.50. The molecule has 0 heterocycles. The van der Waals surface area contributed by atoms with Crippen molar-refractivity contribution >= 4 is 0 Å². The molecule has 1 aromatic carbocycles. The van der Waals surface area contributed by atoms with E-state index in [1.807, 2.05) is 6.07 Å². The van der Waals surface area contributed by atoms with E-state index < -0.39 is 5.60 Å². The lowest BCUT2D eigenvalue weighted by molar-refractivity contribution is -0.0398. The van der Waals surface area contributed by atoms with Gasteiger partial charge in [0, 0.05) is 6.04 Å². The minimum Gasteiger partial charge on any atom is -0.497 e. The van der Waals surface area contributed by atoms with Crippen molar-refractivity contribution in [3.05, 3.63) is 41.5 Å². The van der Waals surface area contributed by atoms with E-state index in [4.69, 9.17) is 4.74 Å². The first-order chi connectivity index (χ1) is 11.0. The molecule has 23 heavy (non-hydrogen) atoms. The van der Waals surface area contributed by atoms with Crippen molar-refractivity contribution in [1.29, 1.82) is 0 Å². The second kappa shape index (κ2) is 7.98. The highest BCUT2D eigenvalue weighted by molar-refractivity contribution is 5.34. The van der Waals surface area contributed by atoms with Crippen molar-refractivity contribution in [1.82, 2.24) is 4.90 Å². The number of hydrogen-bond acceptors (Lipinski definition) is 3. The van der Waals surface area contributed by atoms with Crippen LogP contribution in [0.2, 0.25) is 0 Å². The van der Waals surface area contributed by atoms with Crippen LogP contribution in [0.1, 0.15) is 43.7 Å². The number of aryl methyl sites for hydroxylation is 2. The minimum atomic E-state index is -0.574. The maximum Gasteiger partial charge on any atom is 0.119 e. The first-order valence-electron chi connectivity index (χ1n) is 8.67. The molecule has 0 spiro atoms. The van der Waals surface area contributed by atoms with Crippen LogP contribution in [-0.4, -0.2) is 42.4 Å². The van der Waals surface area contributed by atoms with E-state index in [-0.39, 0.29) is 6.04 Å². The highest BCUT2D eigenvalue weighted by atomic mass is 16.5. The van der Waals surface area contributed by atoms with Crippen molar-refractivity contribution in [3.8, 4) is 5.75 Å². The maximum atomic E-state index is 10.8. The lowest BCUT2D eigenvalue weighted by atomic mass is 9.83. The Balaban J connectivity index is 1.87. The van der Waals surface area contributed by atoms with Crippen LogP contribution in [0.5, 0.6) is 5.75 Å². The average Bonchev–Trinajstić information content (AvgIpc) is 2.56. The molecule has 1 aromatic rings. The number of methoxy groups -OCH3 is 1. The molecule has 1 N–H and O–H groups in total. The zero-order chi connectivity index (χ0) is 16.9. The van der Waals surface area contributed by atoms with E-state index in [2.05, 4.69) is 50.1 Å². The first-order valence-corrected chi connectivity index (χ1v) is 8.67. The van der Waals surface area contributed by atoms with Gasteiger partial charge in [-0.2, -0.15) is 0 Å². The molecule has 2 atom stereocenters. The fourth-order valence-corrected chi connectivity index (χ4v) is 3.39. The summed E-state index contributed by atoms with van der Waals surface area (Å²) in [6, 6.07) is 6.45. The van der Waals surface area contributed by atoms with Gasteiger partial charge in [-0.05, 0) is 82.8 Å². The van der Waals surface area contributed by atoms with Gasteiger partial charge in [-0.15, -0.1) is 0 Å². The zero-order valence-electron chi connectivity index (χ0n) is 15.0. The summed E-state index contributed by atoms with van der Waals surface area (Å²) in [7, 11) is 3.84. The molecule has 1 aliphatic rings. The fourth-order valence-electron chi connectivity index (χ4n) is 3.39. The molecular formula is C20H31NO2. The molecule has 0 aliphatic heterocycles. The van der Waals surface area contributed by atoms with Gasteiger partial charge >= 0.3 is 0 Å². The van der Waals surface area contributed by atoms with Gasteiger partial charge in [0.1, 0.15) is 5.75 Å². The van der Waals surface area contributed by atoms with Crippen LogP contribution < -0.4 is 4.74 Å². The second-order valence-corrected chi connectivity index (χ2v) is 6.87. The van der Waals surface area contributed by atoms with Gasteiger partial charge < -0.3 is 14.7 Å². The maximum absolute atomic E-state index is 10.8. The summed E-state index contributed by atoms with van der Waals surface area (Å²) < 4.78 is 5.32. The largest absolute Gasteiger partial charge is 0.497 e. The van der Waals surface area contributed by atoms with E-state index in [9.17, 15) is 5.11 Å². The Morgan fingerprint density at radius 1 is 1.35 bits per heavy atom. The molecule has 0 amide bonds. The van der Waals surface area contributed by atoms with Crippen LogP contribution >= 0.6 is 0 Å². The molecule has 2 rings (SSSR count). The normalized spacial score (nSPS) is 22.3. The molecule has 1 unspecified atom stereocenters. The molecule has 0 saturated carbocycles. The number of rotatable bonds is 7. The monoisotopic (exact) mass is 317 g/mol. The summed E-state index contributed by atoms with van der Waals surface area (Å²) in [5.74, 6) is 0.927. The molecule has 0 fully saturated rings. The summed E-state index contributed by atoms with van der Waals surface area (Å²) in [4.78, 5) is 2.30. The number of allylic oxidation sites excluding steroid dienone is 1. The Kier molecular flexibility index (Phi) is 6.25. The summed E-state index contributed by atoms with van der Waals surface area (Å²) in [5.41, 5.74) is 2.09. The zero-order valence-corrected chi connectivity index (χ0v) is 15.0. The van der Waals surface area contributed by atoms with E-state index in [0.717, 1.165) is 44.4 Å². The number of ether oxygens (including phenoxy) is 1. The molecule has 128 valence electrons. The van der Waals surface area contributed by atoms with Gasteiger partial charge in [0.15, 0.2) is 0 Å². The average molecular weight is 317 g/mol. The van der Waals surface area contributed by atoms with Crippen molar-refractivity contribution < 1.29 is 9.84 Å². The summed E-state index contributed by atoms with van der Waals surface area (Å²) in [6.07, 6.45) is 9.04. The van der Waals surface area contributed by atoms with Gasteiger partial charge in [-0.1, -0.05) is 18.2 Å². The molecule has 1 aliphatic carbocycles. The third-order valence-corrected chi connectivity index (χ3v) is 5.33. The molecular weight excluding hydrogens is 286 g/mol. The number of nitrogens with zero attached hydrogens (tertiary/aromatic N) is 1. The topological polar surface area (TPSA) is 32.7 Å². The third-order valence-electron chi connectivity index (χ3n) is 5.33. The van der Waals surface area contributed by atoms with Crippen LogP contribution in [-0.2, 0) is 6.42 Å². The predicted octanol–water partition coefficient (Wildman–Crippen LogP) is 3.73. The van der Waals surface area contributed by atoms with E-state index in [1.165, 1.54) is 11.1 Å². The summed E-state index contributed by atoms with van der Waals surface area (Å²) >= 11 is 0. The highest BCUT2D eigenvalue weighted by Gasteiger charge is 2.35. The Morgan fingerprint density at radius 2 is 2.13 bits per heavy atom. The molecule has 0 saturated heterocycles. The highest BCUT2D eigenvalue weighted by Crippen LogP contribution is 2.29. The SMILES string of the molecule is COc1ccc(C)c(CCCN(C)C(C)[C@@]2(O)CC=CCC2)c1. The fraction of sp³-hybridized carbons (Fsp3) is 0.600. The summed E-state index contributed by atoms with van der Waals surface area (Å²) in [5, 5.41) is 10.8. The molecule has 0 radical (unpaired) electrons. The summed E-state index contributed by atoms with van der Waals surface area (Å²) in [6.45, 7) is 5.29. The van der Waals surface area contributed by atoms with Crippen LogP contribution in [0.15, 0.2) is 30.4 Å². The van der Waals surface area contributed by atoms with Gasteiger partial charge in [0.05, 0.1) is 12.7 Å². The van der Waals surface area contributed by atoms with Crippen LogP contribution in [0.3, 0.4) is 0 Å². The van der Waals surface area contributed by atoms with E-state index in [0.29, 0.717) is 0 Å². The minimum absolute atomic E-state index is 0.179. The Hall–Kier alpha value is -1.32. The Bertz CT molecular complexity index is 540. The van der Waals surface area contributed by atoms with Gasteiger partial charge in [-0.3, -0.25) is 0 Å². The molecule has 3 nitrogen and oxygen atoms in total. The third kappa shape index (κ3) is 4.58. The van der Waals surface area contributed by atoms with E-state index >= 15 is 0 Å². The smallest absolute Gasteiger partial charge is 0.119 e. The Morgan fingerprint density at radius 3 is 2.78 bits per heavy atom. The van der Waals surface area contributed by atoms with E-state index in [1.54, 1.807) is 7.11 Å². The number of hydrogen-bond donors (Lipinski definition) is 1. The number of likely N-dealkylation sites (N-methyl/N-ethyl adjacent to an activating group) is 1. The van der Waals surface area contributed by atoms with Crippen LogP contribution in [0.4, 0.5) is 0 Å². The van der Waals surface area contributed by atoms with Crippen LogP contribution in [0.25, 0.3) is 0 Å². The van der Waals surface area contributed by atoms with Crippen molar-refractivity contribution in [3.63, 3.8) is 0 Å². The molecule has 0 bridgehead atoms.